The van der Waals surface area contributed by atoms with Gasteiger partial charge in [0.1, 0.15) is 11.6 Å². The van der Waals surface area contributed by atoms with Gasteiger partial charge in [0.05, 0.1) is 18.0 Å². The second-order valence-electron chi connectivity index (χ2n) is 4.84. The van der Waals surface area contributed by atoms with E-state index in [1.54, 1.807) is 12.5 Å². The predicted octanol–water partition coefficient (Wildman–Crippen LogP) is 3.26. The van der Waals surface area contributed by atoms with Crippen LogP contribution in [0, 0.1) is 6.92 Å². The Labute approximate surface area is 123 Å². The van der Waals surface area contributed by atoms with Crippen LogP contribution in [0.1, 0.15) is 28.9 Å². The summed E-state index contributed by atoms with van der Waals surface area (Å²) in [6.45, 7) is 2.55. The maximum atomic E-state index is 5.57. The second kappa shape index (κ2) is 6.33. The van der Waals surface area contributed by atoms with Crippen LogP contribution in [0.3, 0.4) is 0 Å². The summed E-state index contributed by atoms with van der Waals surface area (Å²) in [6.07, 6.45) is 3.48. The normalized spacial score (nSPS) is 12.2. The van der Waals surface area contributed by atoms with Crippen LogP contribution in [0.2, 0.25) is 0 Å². The first-order valence-electron chi connectivity index (χ1n) is 6.93. The minimum Gasteiger partial charge on any atom is -0.467 e. The van der Waals surface area contributed by atoms with E-state index in [4.69, 9.17) is 4.42 Å². The number of aromatic nitrogens is 2. The first kappa shape index (κ1) is 13.5. The molecule has 0 radical (unpaired) electrons. The lowest BCUT2D eigenvalue weighted by Gasteiger charge is -2.17. The molecule has 2 heterocycles. The maximum absolute atomic E-state index is 5.57. The van der Waals surface area contributed by atoms with Crippen molar-refractivity contribution in [1.29, 1.82) is 0 Å². The molecule has 0 aliphatic carbocycles. The molecule has 0 fully saturated rings. The van der Waals surface area contributed by atoms with Gasteiger partial charge in [-0.25, -0.2) is 9.97 Å². The molecule has 3 rings (SSSR count). The zero-order valence-corrected chi connectivity index (χ0v) is 11.9. The Morgan fingerprint density at radius 2 is 1.95 bits per heavy atom. The average Bonchev–Trinajstić information content (AvgIpc) is 3.03. The van der Waals surface area contributed by atoms with Crippen molar-refractivity contribution >= 4 is 0 Å². The Morgan fingerprint density at radius 1 is 1.10 bits per heavy atom. The molecular weight excluding hydrogens is 262 g/mol. The molecule has 0 amide bonds. The highest BCUT2D eigenvalue weighted by molar-refractivity contribution is 5.26. The SMILES string of the molecule is Cc1nccc(CNC(c2ccccc2)c2ccco2)n1. The van der Waals surface area contributed by atoms with Crippen molar-refractivity contribution in [2.75, 3.05) is 0 Å². The predicted molar refractivity (Wildman–Crippen MR) is 80.6 cm³/mol. The smallest absolute Gasteiger partial charge is 0.125 e. The van der Waals surface area contributed by atoms with Crippen molar-refractivity contribution in [3.8, 4) is 0 Å². The van der Waals surface area contributed by atoms with Crippen LogP contribution in [0.4, 0.5) is 0 Å². The standard InChI is InChI=1S/C17H17N3O/c1-13-18-10-9-15(20-13)12-19-17(16-8-5-11-21-16)14-6-3-2-4-7-14/h2-11,17,19H,12H2,1H3. The highest BCUT2D eigenvalue weighted by Crippen LogP contribution is 2.22. The molecule has 4 nitrogen and oxygen atoms in total. The van der Waals surface area contributed by atoms with Crippen molar-refractivity contribution in [1.82, 2.24) is 15.3 Å². The van der Waals surface area contributed by atoms with Gasteiger partial charge >= 0.3 is 0 Å². The highest BCUT2D eigenvalue weighted by Gasteiger charge is 2.16. The number of benzene rings is 1. The van der Waals surface area contributed by atoms with Crippen molar-refractivity contribution in [3.63, 3.8) is 0 Å². The van der Waals surface area contributed by atoms with E-state index in [0.29, 0.717) is 6.54 Å². The van der Waals surface area contributed by atoms with E-state index in [1.807, 2.05) is 43.3 Å². The minimum absolute atomic E-state index is 0.0106. The van der Waals surface area contributed by atoms with Crippen molar-refractivity contribution in [3.05, 3.63) is 83.8 Å². The number of rotatable bonds is 5. The molecule has 0 aliphatic rings. The lowest BCUT2D eigenvalue weighted by Crippen LogP contribution is -2.22. The van der Waals surface area contributed by atoms with E-state index in [1.165, 1.54) is 5.56 Å². The van der Waals surface area contributed by atoms with Crippen molar-refractivity contribution in [2.45, 2.75) is 19.5 Å². The highest BCUT2D eigenvalue weighted by atomic mass is 16.3. The summed E-state index contributed by atoms with van der Waals surface area (Å²) in [5.41, 5.74) is 2.13. The third-order valence-electron chi connectivity index (χ3n) is 3.28. The first-order valence-corrected chi connectivity index (χ1v) is 6.93. The number of nitrogens with zero attached hydrogens (tertiary/aromatic N) is 2. The second-order valence-corrected chi connectivity index (χ2v) is 4.84. The number of furan rings is 1. The molecule has 4 heteroatoms. The topological polar surface area (TPSA) is 51.0 Å². The van der Waals surface area contributed by atoms with Crippen LogP contribution in [0.25, 0.3) is 0 Å². The monoisotopic (exact) mass is 279 g/mol. The Hall–Kier alpha value is -2.46. The maximum Gasteiger partial charge on any atom is 0.125 e. The van der Waals surface area contributed by atoms with Gasteiger partial charge in [0.25, 0.3) is 0 Å². The average molecular weight is 279 g/mol. The molecule has 0 spiro atoms. The molecule has 3 aromatic rings. The fourth-order valence-corrected chi connectivity index (χ4v) is 2.29. The summed E-state index contributed by atoms with van der Waals surface area (Å²) in [5, 5.41) is 3.50. The number of hydrogen-bond donors (Lipinski definition) is 1. The number of nitrogens with one attached hydrogen (secondary N) is 1. The van der Waals surface area contributed by atoms with Gasteiger partial charge in [-0.15, -0.1) is 0 Å². The van der Waals surface area contributed by atoms with E-state index >= 15 is 0 Å². The summed E-state index contributed by atoms with van der Waals surface area (Å²) in [7, 11) is 0. The van der Waals surface area contributed by atoms with Crippen LogP contribution in [-0.4, -0.2) is 9.97 Å². The zero-order chi connectivity index (χ0) is 14.5. The molecular formula is C17H17N3O. The van der Waals surface area contributed by atoms with Crippen LogP contribution < -0.4 is 5.32 Å². The van der Waals surface area contributed by atoms with Gasteiger partial charge in [-0.2, -0.15) is 0 Å². The summed E-state index contributed by atoms with van der Waals surface area (Å²) in [6, 6.07) is 16.1. The third kappa shape index (κ3) is 3.35. The van der Waals surface area contributed by atoms with Crippen molar-refractivity contribution in [2.24, 2.45) is 0 Å². The van der Waals surface area contributed by atoms with Gasteiger partial charge in [0.15, 0.2) is 0 Å². The van der Waals surface area contributed by atoms with E-state index in [2.05, 4.69) is 27.4 Å². The van der Waals surface area contributed by atoms with E-state index in [0.717, 1.165) is 17.3 Å². The van der Waals surface area contributed by atoms with Gasteiger partial charge < -0.3 is 4.42 Å². The van der Waals surface area contributed by atoms with E-state index < -0.39 is 0 Å². The largest absolute Gasteiger partial charge is 0.467 e. The molecule has 0 aliphatic heterocycles. The number of hydrogen-bond acceptors (Lipinski definition) is 4. The Morgan fingerprint density at radius 3 is 2.67 bits per heavy atom. The fraction of sp³-hybridized carbons (Fsp3) is 0.176. The van der Waals surface area contributed by atoms with E-state index in [9.17, 15) is 0 Å². The minimum atomic E-state index is 0.0106. The third-order valence-corrected chi connectivity index (χ3v) is 3.28. The van der Waals surface area contributed by atoms with E-state index in [-0.39, 0.29) is 6.04 Å². The molecule has 21 heavy (non-hydrogen) atoms. The Bertz CT molecular complexity index is 680. The summed E-state index contributed by atoms with van der Waals surface area (Å²) in [5.74, 6) is 1.68. The molecule has 1 N–H and O–H groups in total. The summed E-state index contributed by atoms with van der Waals surface area (Å²) < 4.78 is 5.57. The molecule has 1 unspecified atom stereocenters. The quantitative estimate of drug-likeness (QED) is 0.779. The molecule has 0 saturated heterocycles. The molecule has 106 valence electrons. The van der Waals surface area contributed by atoms with Gasteiger partial charge in [-0.3, -0.25) is 5.32 Å². The lowest BCUT2D eigenvalue weighted by molar-refractivity contribution is 0.444. The molecule has 1 aromatic carbocycles. The molecule has 0 bridgehead atoms. The number of aryl methyl sites for hydroxylation is 1. The van der Waals surface area contributed by atoms with Crippen LogP contribution in [-0.2, 0) is 6.54 Å². The summed E-state index contributed by atoms with van der Waals surface area (Å²) >= 11 is 0. The van der Waals surface area contributed by atoms with Crippen LogP contribution >= 0.6 is 0 Å². The first-order chi connectivity index (χ1) is 10.3. The van der Waals surface area contributed by atoms with Gasteiger partial charge in [0.2, 0.25) is 0 Å². The summed E-state index contributed by atoms with van der Waals surface area (Å²) in [4.78, 5) is 8.53. The molecule has 1 atom stereocenters. The Balaban J connectivity index is 1.80. The zero-order valence-electron chi connectivity index (χ0n) is 11.9. The van der Waals surface area contributed by atoms with Crippen molar-refractivity contribution < 1.29 is 4.42 Å². The van der Waals surface area contributed by atoms with Crippen LogP contribution in [0.5, 0.6) is 0 Å². The van der Waals surface area contributed by atoms with Crippen LogP contribution in [0.15, 0.2) is 65.4 Å². The molecule has 0 saturated carbocycles. The lowest BCUT2D eigenvalue weighted by atomic mass is 10.0. The molecule has 2 aromatic heterocycles. The van der Waals surface area contributed by atoms with Gasteiger partial charge in [-0.05, 0) is 30.7 Å². The Kier molecular flexibility index (Phi) is 4.07. The van der Waals surface area contributed by atoms with Gasteiger partial charge in [-0.1, -0.05) is 30.3 Å². The van der Waals surface area contributed by atoms with Gasteiger partial charge in [0, 0.05) is 12.7 Å². The fourth-order valence-electron chi connectivity index (χ4n) is 2.29.